The van der Waals surface area contributed by atoms with Crippen LogP contribution in [0.25, 0.3) is 0 Å². The van der Waals surface area contributed by atoms with Crippen LogP contribution in [0.2, 0.25) is 0 Å². The van der Waals surface area contributed by atoms with Gasteiger partial charge in [0.1, 0.15) is 11.6 Å². The van der Waals surface area contributed by atoms with E-state index in [2.05, 4.69) is 30.6 Å². The van der Waals surface area contributed by atoms with Crippen LogP contribution in [0.4, 0.5) is 10.1 Å². The Balaban J connectivity index is 1.47. The molecule has 1 amide bonds. The minimum atomic E-state index is -0.396. The van der Waals surface area contributed by atoms with Crippen molar-refractivity contribution in [1.82, 2.24) is 25.3 Å². The Hall–Kier alpha value is -2.75. The van der Waals surface area contributed by atoms with E-state index >= 15 is 0 Å². The van der Waals surface area contributed by atoms with Crippen LogP contribution in [-0.4, -0.2) is 31.2 Å². The zero-order chi connectivity index (χ0) is 19.2. The first-order chi connectivity index (χ1) is 13.0. The lowest BCUT2D eigenvalue weighted by Gasteiger charge is -2.07. The van der Waals surface area contributed by atoms with Crippen LogP contribution in [0.3, 0.4) is 0 Å². The lowest BCUT2D eigenvalue weighted by atomic mass is 10.2. The molecule has 3 rings (SSSR count). The van der Waals surface area contributed by atoms with Gasteiger partial charge < -0.3 is 9.84 Å². The molecule has 0 saturated carbocycles. The summed E-state index contributed by atoms with van der Waals surface area (Å²) in [6.45, 7) is 3.79. The van der Waals surface area contributed by atoms with Crippen molar-refractivity contribution in [2.45, 2.75) is 44.0 Å². The van der Waals surface area contributed by atoms with Gasteiger partial charge in [-0.3, -0.25) is 9.89 Å². The molecule has 2 N–H and O–H groups in total. The Labute approximate surface area is 159 Å². The Bertz CT molecular complexity index is 926. The molecule has 0 aliphatic carbocycles. The Morgan fingerprint density at radius 2 is 2.22 bits per heavy atom. The maximum absolute atomic E-state index is 13.3. The summed E-state index contributed by atoms with van der Waals surface area (Å²) < 4.78 is 18.4. The standard InChI is InChI=1S/C17H19FN6O2S/c1-3-13-21-17(23-22-13)27-9-14-20-16(26-24-14)7-6-15(25)19-12-8-11(18)5-4-10(12)2/h4-5,8H,3,6-7,9H2,1-2H3,(H,19,25)(H,21,22,23). The minimum Gasteiger partial charge on any atom is -0.339 e. The predicted molar refractivity (Wildman–Crippen MR) is 97.7 cm³/mol. The Morgan fingerprint density at radius 3 is 3.00 bits per heavy atom. The van der Waals surface area contributed by atoms with Gasteiger partial charge in [-0.05, 0) is 24.6 Å². The first-order valence-electron chi connectivity index (χ1n) is 8.45. The second kappa shape index (κ2) is 8.76. The van der Waals surface area contributed by atoms with E-state index in [1.165, 1.54) is 23.9 Å². The van der Waals surface area contributed by atoms with Crippen LogP contribution in [0.1, 0.15) is 36.4 Å². The number of nitrogens with one attached hydrogen (secondary N) is 2. The highest BCUT2D eigenvalue weighted by Gasteiger charge is 2.12. The van der Waals surface area contributed by atoms with Crippen LogP contribution in [0.5, 0.6) is 0 Å². The highest BCUT2D eigenvalue weighted by atomic mass is 32.2. The normalized spacial score (nSPS) is 10.9. The van der Waals surface area contributed by atoms with Crippen LogP contribution in [0, 0.1) is 12.7 Å². The number of aromatic amines is 1. The van der Waals surface area contributed by atoms with Crippen LogP contribution in [0.15, 0.2) is 27.9 Å². The Morgan fingerprint density at radius 1 is 1.37 bits per heavy atom. The molecule has 3 aromatic rings. The number of carbonyl (C=O) groups excluding carboxylic acids is 1. The minimum absolute atomic E-state index is 0.158. The van der Waals surface area contributed by atoms with Crippen molar-refractivity contribution >= 4 is 23.4 Å². The third kappa shape index (κ3) is 5.36. The summed E-state index contributed by atoms with van der Waals surface area (Å²) in [6, 6.07) is 4.26. The van der Waals surface area contributed by atoms with Gasteiger partial charge in [0, 0.05) is 24.9 Å². The van der Waals surface area contributed by atoms with Crippen LogP contribution in [-0.2, 0) is 23.4 Å². The van der Waals surface area contributed by atoms with E-state index in [1.807, 2.05) is 6.92 Å². The summed E-state index contributed by atoms with van der Waals surface area (Å²) in [4.78, 5) is 20.6. The van der Waals surface area contributed by atoms with Crippen molar-refractivity contribution in [2.24, 2.45) is 0 Å². The number of aromatic nitrogens is 5. The van der Waals surface area contributed by atoms with Gasteiger partial charge in [-0.15, -0.1) is 5.10 Å². The van der Waals surface area contributed by atoms with Crippen molar-refractivity contribution < 1.29 is 13.7 Å². The van der Waals surface area contributed by atoms with E-state index in [4.69, 9.17) is 4.52 Å². The molecular weight excluding hydrogens is 371 g/mol. The zero-order valence-corrected chi connectivity index (χ0v) is 15.8. The summed E-state index contributed by atoms with van der Waals surface area (Å²) in [5.74, 6) is 1.54. The number of anilines is 1. The van der Waals surface area contributed by atoms with Gasteiger partial charge in [0.15, 0.2) is 5.82 Å². The predicted octanol–water partition coefficient (Wildman–Crippen LogP) is 3.06. The molecule has 142 valence electrons. The van der Waals surface area contributed by atoms with E-state index in [-0.39, 0.29) is 12.3 Å². The van der Waals surface area contributed by atoms with E-state index < -0.39 is 5.82 Å². The fourth-order valence-corrected chi connectivity index (χ4v) is 2.90. The quantitative estimate of drug-likeness (QED) is 0.569. The number of carbonyl (C=O) groups is 1. The van der Waals surface area contributed by atoms with Crippen molar-refractivity contribution in [1.29, 1.82) is 0 Å². The molecule has 0 atom stereocenters. The molecule has 0 aliphatic heterocycles. The molecule has 2 heterocycles. The highest BCUT2D eigenvalue weighted by molar-refractivity contribution is 7.98. The molecular formula is C17H19FN6O2S. The fourth-order valence-electron chi connectivity index (χ4n) is 2.24. The molecule has 1 aromatic carbocycles. The second-order valence-electron chi connectivity index (χ2n) is 5.82. The largest absolute Gasteiger partial charge is 0.339 e. The topological polar surface area (TPSA) is 110 Å². The van der Waals surface area contributed by atoms with Crippen molar-refractivity contribution in [3.63, 3.8) is 0 Å². The average Bonchev–Trinajstić information content (AvgIpc) is 3.30. The average molecular weight is 390 g/mol. The summed E-state index contributed by atoms with van der Waals surface area (Å²) in [5.41, 5.74) is 1.25. The molecule has 0 unspecified atom stereocenters. The first-order valence-corrected chi connectivity index (χ1v) is 9.43. The van der Waals surface area contributed by atoms with Gasteiger partial charge in [0.25, 0.3) is 0 Å². The number of amides is 1. The summed E-state index contributed by atoms with van der Waals surface area (Å²) >= 11 is 1.40. The van der Waals surface area contributed by atoms with Crippen LogP contribution >= 0.6 is 11.8 Å². The second-order valence-corrected chi connectivity index (χ2v) is 6.76. The van der Waals surface area contributed by atoms with Gasteiger partial charge in [-0.2, -0.15) is 4.98 Å². The lowest BCUT2D eigenvalue weighted by molar-refractivity contribution is -0.116. The molecule has 0 aliphatic rings. The first kappa shape index (κ1) is 19.0. The number of halogens is 1. The fraction of sp³-hybridized carbons (Fsp3) is 0.353. The molecule has 0 spiro atoms. The molecule has 0 bridgehead atoms. The van der Waals surface area contributed by atoms with Crippen LogP contribution < -0.4 is 5.32 Å². The van der Waals surface area contributed by atoms with Crippen molar-refractivity contribution in [2.75, 3.05) is 5.32 Å². The molecule has 0 radical (unpaired) electrons. The zero-order valence-electron chi connectivity index (χ0n) is 15.0. The van der Waals surface area contributed by atoms with Gasteiger partial charge in [0.2, 0.25) is 17.0 Å². The van der Waals surface area contributed by atoms with E-state index in [1.54, 1.807) is 13.0 Å². The molecule has 10 heteroatoms. The number of nitrogens with zero attached hydrogens (tertiary/aromatic N) is 4. The maximum Gasteiger partial charge on any atom is 0.227 e. The number of aryl methyl sites for hydroxylation is 3. The number of rotatable bonds is 8. The number of hydrogen-bond donors (Lipinski definition) is 2. The van der Waals surface area contributed by atoms with Gasteiger partial charge in [-0.25, -0.2) is 9.37 Å². The summed E-state index contributed by atoms with van der Waals surface area (Å²) in [5, 5.41) is 14.1. The van der Waals surface area contributed by atoms with Crippen molar-refractivity contribution in [3.8, 4) is 0 Å². The number of thioether (sulfide) groups is 1. The van der Waals surface area contributed by atoms with Crippen molar-refractivity contribution in [3.05, 3.63) is 47.1 Å². The van der Waals surface area contributed by atoms with E-state index in [0.29, 0.717) is 34.7 Å². The maximum atomic E-state index is 13.3. The third-order valence-corrected chi connectivity index (χ3v) is 4.57. The van der Waals surface area contributed by atoms with E-state index in [0.717, 1.165) is 17.8 Å². The molecule has 0 saturated heterocycles. The lowest BCUT2D eigenvalue weighted by Crippen LogP contribution is -2.13. The molecule has 27 heavy (non-hydrogen) atoms. The third-order valence-electron chi connectivity index (χ3n) is 3.73. The van der Waals surface area contributed by atoms with Gasteiger partial charge >= 0.3 is 0 Å². The summed E-state index contributed by atoms with van der Waals surface area (Å²) in [7, 11) is 0. The number of hydrogen-bond acceptors (Lipinski definition) is 7. The number of benzene rings is 1. The number of H-pyrrole nitrogens is 1. The van der Waals surface area contributed by atoms with Gasteiger partial charge in [-0.1, -0.05) is 29.9 Å². The van der Waals surface area contributed by atoms with E-state index in [9.17, 15) is 9.18 Å². The van der Waals surface area contributed by atoms with Gasteiger partial charge in [0.05, 0.1) is 5.75 Å². The summed E-state index contributed by atoms with van der Waals surface area (Å²) in [6.07, 6.45) is 1.25. The smallest absolute Gasteiger partial charge is 0.227 e. The molecule has 2 aromatic heterocycles. The highest BCUT2D eigenvalue weighted by Crippen LogP contribution is 2.18. The molecule has 8 nitrogen and oxygen atoms in total. The monoisotopic (exact) mass is 390 g/mol. The molecule has 0 fully saturated rings. The Kier molecular flexibility index (Phi) is 6.17. The SMILES string of the molecule is CCc1nc(SCc2noc(CCC(=O)Nc3cc(F)ccc3C)n2)n[nH]1.